The number of ether oxygens (including phenoxy) is 2. The van der Waals surface area contributed by atoms with Gasteiger partial charge in [-0.25, -0.2) is 4.99 Å². The first kappa shape index (κ1) is 17.7. The Morgan fingerprint density at radius 2 is 2.30 bits per heavy atom. The standard InChI is InChI=1S/C21H22ClN3O2/c1-14-20-16(22)8-5-9-17(20)24-21(23-14)25-18(19-13-26-10-11-27-19)12-15-6-3-2-4-7-15/h2-3,5-6,8-11,13-14,18H,4,7,12H2,1H3,(H2,23,24,25). The molecule has 2 unspecified atom stereocenters. The molecule has 0 fully saturated rings. The van der Waals surface area contributed by atoms with E-state index < -0.39 is 0 Å². The second-order valence-electron chi connectivity index (χ2n) is 6.72. The second-order valence-corrected chi connectivity index (χ2v) is 7.13. The highest BCUT2D eigenvalue weighted by atomic mass is 35.5. The molecule has 0 radical (unpaired) electrons. The van der Waals surface area contributed by atoms with E-state index in [1.54, 1.807) is 12.5 Å². The Balaban J connectivity index is 1.55. The fraction of sp³-hybridized carbons (Fsp3) is 0.286. The normalized spacial score (nSPS) is 21.6. The van der Waals surface area contributed by atoms with Crippen LogP contribution in [0.4, 0.5) is 5.69 Å². The van der Waals surface area contributed by atoms with Gasteiger partial charge in [-0.2, -0.15) is 0 Å². The van der Waals surface area contributed by atoms with Gasteiger partial charge in [0.2, 0.25) is 0 Å². The van der Waals surface area contributed by atoms with Crippen LogP contribution in [-0.2, 0) is 9.47 Å². The molecule has 2 aliphatic heterocycles. The number of benzene rings is 1. The number of guanidine groups is 1. The van der Waals surface area contributed by atoms with Crippen molar-refractivity contribution in [2.75, 3.05) is 5.32 Å². The van der Waals surface area contributed by atoms with Gasteiger partial charge in [-0.1, -0.05) is 41.5 Å². The summed E-state index contributed by atoms with van der Waals surface area (Å²) in [6.07, 6.45) is 14.1. The van der Waals surface area contributed by atoms with Gasteiger partial charge in [0.15, 0.2) is 11.7 Å². The SMILES string of the molecule is CC1N=C(NC(CC2=CC=CCC2)C2=COC=CO2)Nc2cccc(Cl)c21. The first-order valence-corrected chi connectivity index (χ1v) is 9.50. The van der Waals surface area contributed by atoms with Gasteiger partial charge in [-0.3, -0.25) is 0 Å². The van der Waals surface area contributed by atoms with Crippen molar-refractivity contribution < 1.29 is 9.47 Å². The zero-order valence-electron chi connectivity index (χ0n) is 15.1. The summed E-state index contributed by atoms with van der Waals surface area (Å²) in [4.78, 5) is 4.75. The van der Waals surface area contributed by atoms with Crippen LogP contribution in [0.15, 0.2) is 71.5 Å². The molecular formula is C21H22ClN3O2. The molecule has 1 aromatic rings. The predicted molar refractivity (Wildman–Crippen MR) is 108 cm³/mol. The third kappa shape index (κ3) is 4.03. The molecule has 0 spiro atoms. The number of rotatable bonds is 4. The van der Waals surface area contributed by atoms with E-state index in [9.17, 15) is 0 Å². The smallest absolute Gasteiger partial charge is 0.197 e. The van der Waals surface area contributed by atoms with E-state index in [0.29, 0.717) is 5.96 Å². The lowest BCUT2D eigenvalue weighted by Crippen LogP contribution is -2.42. The van der Waals surface area contributed by atoms with Crippen molar-refractivity contribution >= 4 is 23.2 Å². The van der Waals surface area contributed by atoms with Crippen LogP contribution < -0.4 is 10.6 Å². The monoisotopic (exact) mass is 383 g/mol. The van der Waals surface area contributed by atoms with Gasteiger partial charge >= 0.3 is 0 Å². The fourth-order valence-electron chi connectivity index (χ4n) is 3.47. The Morgan fingerprint density at radius 3 is 3.07 bits per heavy atom. The van der Waals surface area contributed by atoms with E-state index in [4.69, 9.17) is 26.1 Å². The third-order valence-corrected chi connectivity index (χ3v) is 5.12. The molecule has 0 saturated heterocycles. The molecule has 4 rings (SSSR count). The molecule has 2 atom stereocenters. The molecule has 2 N–H and O–H groups in total. The van der Waals surface area contributed by atoms with Crippen LogP contribution in [0.3, 0.4) is 0 Å². The molecule has 5 nitrogen and oxygen atoms in total. The zero-order chi connectivity index (χ0) is 18.6. The number of nitrogens with zero attached hydrogens (tertiary/aromatic N) is 1. The molecule has 0 bridgehead atoms. The average molecular weight is 384 g/mol. The third-order valence-electron chi connectivity index (χ3n) is 4.79. The van der Waals surface area contributed by atoms with Gasteiger partial charge in [-0.05, 0) is 38.3 Å². The number of halogens is 1. The highest BCUT2D eigenvalue weighted by molar-refractivity contribution is 6.32. The van der Waals surface area contributed by atoms with E-state index in [1.165, 1.54) is 11.8 Å². The van der Waals surface area contributed by atoms with Crippen LogP contribution in [0, 0.1) is 0 Å². The maximum absolute atomic E-state index is 6.34. The minimum atomic E-state index is -0.0908. The molecule has 0 saturated carbocycles. The number of nitrogens with one attached hydrogen (secondary N) is 2. The maximum Gasteiger partial charge on any atom is 0.197 e. The van der Waals surface area contributed by atoms with Gasteiger partial charge in [0, 0.05) is 16.3 Å². The first-order valence-electron chi connectivity index (χ1n) is 9.12. The van der Waals surface area contributed by atoms with Crippen LogP contribution in [0.5, 0.6) is 0 Å². The summed E-state index contributed by atoms with van der Waals surface area (Å²) in [6, 6.07) is 5.72. The predicted octanol–water partition coefficient (Wildman–Crippen LogP) is 5.17. The van der Waals surface area contributed by atoms with Crippen molar-refractivity contribution in [2.24, 2.45) is 4.99 Å². The number of fused-ring (bicyclic) bond motifs is 1. The summed E-state index contributed by atoms with van der Waals surface area (Å²) in [7, 11) is 0. The van der Waals surface area contributed by atoms with Gasteiger partial charge in [0.1, 0.15) is 18.8 Å². The average Bonchev–Trinajstić information content (AvgIpc) is 2.69. The topological polar surface area (TPSA) is 54.9 Å². The number of hydrogen-bond donors (Lipinski definition) is 2. The molecule has 140 valence electrons. The molecule has 1 aliphatic carbocycles. The number of aliphatic imine (C=N–C) groups is 1. The van der Waals surface area contributed by atoms with Crippen LogP contribution in [0.2, 0.25) is 5.02 Å². The highest BCUT2D eigenvalue weighted by Crippen LogP contribution is 2.35. The molecule has 0 aromatic heterocycles. The van der Waals surface area contributed by atoms with Crippen LogP contribution >= 0.6 is 11.6 Å². The lowest BCUT2D eigenvalue weighted by molar-refractivity contribution is 0.231. The summed E-state index contributed by atoms with van der Waals surface area (Å²) in [5, 5.41) is 7.57. The lowest BCUT2D eigenvalue weighted by atomic mass is 9.97. The molecule has 3 aliphatic rings. The van der Waals surface area contributed by atoms with E-state index in [-0.39, 0.29) is 12.1 Å². The van der Waals surface area contributed by atoms with Crippen molar-refractivity contribution in [1.29, 1.82) is 0 Å². The minimum Gasteiger partial charge on any atom is -0.466 e. The fourth-order valence-corrected chi connectivity index (χ4v) is 3.80. The maximum atomic E-state index is 6.34. The zero-order valence-corrected chi connectivity index (χ0v) is 15.9. The van der Waals surface area contributed by atoms with Gasteiger partial charge < -0.3 is 20.1 Å². The van der Waals surface area contributed by atoms with Crippen molar-refractivity contribution in [3.63, 3.8) is 0 Å². The largest absolute Gasteiger partial charge is 0.466 e. The van der Waals surface area contributed by atoms with Crippen molar-refractivity contribution in [3.05, 3.63) is 77.1 Å². The summed E-state index contributed by atoms with van der Waals surface area (Å²) >= 11 is 6.34. The van der Waals surface area contributed by atoms with Gasteiger partial charge in [0.05, 0.1) is 12.1 Å². The van der Waals surface area contributed by atoms with Crippen molar-refractivity contribution in [3.8, 4) is 0 Å². The first-order chi connectivity index (χ1) is 13.2. The Bertz CT molecular complexity index is 870. The van der Waals surface area contributed by atoms with Crippen LogP contribution in [0.1, 0.15) is 37.8 Å². The summed E-state index contributed by atoms with van der Waals surface area (Å²) in [6.45, 7) is 2.04. The second kappa shape index (κ2) is 7.92. The van der Waals surface area contributed by atoms with E-state index in [1.807, 2.05) is 25.1 Å². The molecule has 1 aromatic carbocycles. The lowest BCUT2D eigenvalue weighted by Gasteiger charge is -2.29. The Labute approximate surface area is 164 Å². The molecular weight excluding hydrogens is 362 g/mol. The highest BCUT2D eigenvalue weighted by Gasteiger charge is 2.25. The Morgan fingerprint density at radius 1 is 1.37 bits per heavy atom. The molecule has 27 heavy (non-hydrogen) atoms. The molecule has 2 heterocycles. The summed E-state index contributed by atoms with van der Waals surface area (Å²) in [5.74, 6) is 1.43. The molecule has 6 heteroatoms. The summed E-state index contributed by atoms with van der Waals surface area (Å²) in [5.41, 5.74) is 3.35. The van der Waals surface area contributed by atoms with E-state index in [0.717, 1.165) is 41.3 Å². The summed E-state index contributed by atoms with van der Waals surface area (Å²) < 4.78 is 11.0. The Kier molecular flexibility index (Phi) is 5.21. The van der Waals surface area contributed by atoms with Gasteiger partial charge in [-0.15, -0.1) is 0 Å². The van der Waals surface area contributed by atoms with Crippen molar-refractivity contribution in [2.45, 2.75) is 38.3 Å². The molecule has 0 amide bonds. The number of anilines is 1. The quantitative estimate of drug-likeness (QED) is 0.753. The number of hydrogen-bond acceptors (Lipinski definition) is 5. The van der Waals surface area contributed by atoms with Crippen molar-refractivity contribution in [1.82, 2.24) is 5.32 Å². The van der Waals surface area contributed by atoms with Crippen LogP contribution in [-0.4, -0.2) is 12.0 Å². The Hall–Kier alpha value is -2.66. The number of allylic oxidation sites excluding steroid dienone is 3. The van der Waals surface area contributed by atoms with E-state index in [2.05, 4.69) is 28.9 Å². The van der Waals surface area contributed by atoms with E-state index >= 15 is 0 Å². The van der Waals surface area contributed by atoms with Crippen LogP contribution in [0.25, 0.3) is 0 Å². The van der Waals surface area contributed by atoms with Gasteiger partial charge in [0.25, 0.3) is 0 Å². The minimum absolute atomic E-state index is 0.0349.